The number of thioether (sulfide) groups is 1. The van der Waals surface area contributed by atoms with Gasteiger partial charge in [0.15, 0.2) is 0 Å². The van der Waals surface area contributed by atoms with Crippen LogP contribution in [0.2, 0.25) is 0 Å². The Morgan fingerprint density at radius 2 is 1.79 bits per heavy atom. The number of carboxylic acids is 1. The second-order valence-corrected chi connectivity index (χ2v) is 15.8. The average Bonchev–Trinajstić information content (AvgIpc) is 3.49. The van der Waals surface area contributed by atoms with Crippen molar-refractivity contribution in [3.63, 3.8) is 0 Å². The number of benzene rings is 2. The number of nitrogens with two attached hydrogens (primary N) is 1. The van der Waals surface area contributed by atoms with Gasteiger partial charge in [0.25, 0.3) is 0 Å². The Bertz CT molecular complexity index is 1710. The van der Waals surface area contributed by atoms with Crippen molar-refractivity contribution in [3.05, 3.63) is 83.7 Å². The lowest BCUT2D eigenvalue weighted by Crippen LogP contribution is -2.50. The zero-order valence-electron chi connectivity index (χ0n) is 30.5. The van der Waals surface area contributed by atoms with Crippen molar-refractivity contribution in [2.75, 3.05) is 31.1 Å². The third-order valence-corrected chi connectivity index (χ3v) is 10.8. The summed E-state index contributed by atoms with van der Waals surface area (Å²) in [5.74, 6) is -3.20. The molecule has 3 amide bonds. The Labute approximate surface area is 308 Å². The van der Waals surface area contributed by atoms with Crippen LogP contribution in [-0.2, 0) is 25.7 Å². The smallest absolute Gasteiger partial charge is 0.327 e. The first-order chi connectivity index (χ1) is 24.6. The molecule has 1 aliphatic carbocycles. The lowest BCUT2D eigenvalue weighted by Gasteiger charge is -2.41. The van der Waals surface area contributed by atoms with Crippen molar-refractivity contribution in [2.45, 2.75) is 66.1 Å². The number of carbonyl (C=O) groups excluding carboxylic acids is 3. The predicted molar refractivity (Wildman–Crippen MR) is 199 cm³/mol. The maximum atomic E-state index is 15.1. The summed E-state index contributed by atoms with van der Waals surface area (Å²) in [4.78, 5) is 52.9. The van der Waals surface area contributed by atoms with Gasteiger partial charge in [0.2, 0.25) is 17.7 Å². The molecule has 1 fully saturated rings. The molecule has 0 aliphatic heterocycles. The van der Waals surface area contributed by atoms with Gasteiger partial charge in [-0.2, -0.15) is 0 Å². The topological polar surface area (TPSA) is 147 Å². The van der Waals surface area contributed by atoms with Crippen LogP contribution in [0.25, 0.3) is 11.1 Å². The van der Waals surface area contributed by atoms with E-state index in [-0.39, 0.29) is 47.3 Å². The fourth-order valence-corrected chi connectivity index (χ4v) is 7.63. The lowest BCUT2D eigenvalue weighted by molar-refractivity contribution is -0.141. The summed E-state index contributed by atoms with van der Waals surface area (Å²) in [5.41, 5.74) is 7.62. The quantitative estimate of drug-likeness (QED) is 0.144. The zero-order valence-corrected chi connectivity index (χ0v) is 31.3. The summed E-state index contributed by atoms with van der Waals surface area (Å²) in [6, 6.07) is 13.0. The molecular weight excluding hydrogens is 689 g/mol. The Morgan fingerprint density at radius 1 is 1.08 bits per heavy atom. The lowest BCUT2D eigenvalue weighted by atomic mass is 9.66. The van der Waals surface area contributed by atoms with Crippen LogP contribution in [0.3, 0.4) is 0 Å². The van der Waals surface area contributed by atoms with E-state index in [9.17, 15) is 28.7 Å². The summed E-state index contributed by atoms with van der Waals surface area (Å²) < 4.78 is 31.3. The van der Waals surface area contributed by atoms with Gasteiger partial charge in [-0.15, -0.1) is 11.8 Å². The number of carboxylic acid groups (broad SMARTS) is 1. The molecule has 1 saturated carbocycles. The third-order valence-electron chi connectivity index (χ3n) is 9.76. The minimum atomic E-state index is -1.28. The van der Waals surface area contributed by atoms with Crippen molar-refractivity contribution in [3.8, 4) is 11.1 Å². The Balaban J connectivity index is 1.54. The zero-order chi connectivity index (χ0) is 38.2. The third kappa shape index (κ3) is 10.4. The predicted octanol–water partition coefficient (Wildman–Crippen LogP) is 5.46. The minimum absolute atomic E-state index is 0.0871. The van der Waals surface area contributed by atoms with Crippen molar-refractivity contribution < 1.29 is 33.1 Å². The first kappa shape index (κ1) is 40.5. The summed E-state index contributed by atoms with van der Waals surface area (Å²) in [6.07, 6.45) is 3.02. The summed E-state index contributed by atoms with van der Waals surface area (Å²) >= 11 is 1.08. The van der Waals surface area contributed by atoms with Gasteiger partial charge in [-0.05, 0) is 66.5 Å². The van der Waals surface area contributed by atoms with Gasteiger partial charge < -0.3 is 30.9 Å². The minimum Gasteiger partial charge on any atom is -0.480 e. The molecule has 3 aromatic rings. The van der Waals surface area contributed by atoms with Crippen LogP contribution in [0, 0.1) is 34.8 Å². The van der Waals surface area contributed by atoms with Gasteiger partial charge in [0, 0.05) is 47.8 Å². The number of halogens is 2. The van der Waals surface area contributed by atoms with Crippen LogP contribution in [0.15, 0.2) is 60.8 Å². The van der Waals surface area contributed by atoms with E-state index in [0.717, 1.165) is 41.9 Å². The molecule has 0 saturated heterocycles. The highest BCUT2D eigenvalue weighted by atomic mass is 32.2. The van der Waals surface area contributed by atoms with Crippen molar-refractivity contribution in [1.82, 2.24) is 20.1 Å². The SMILES string of the molecule is CC1CC(C(=O)NCC(=O)N[C@@H](CSCC(=O)N(CCCN)[C@@H](c2cc(-c3cc(F)ccc3F)cn2Cc2ccccc2)C(C)(C)C)C(=O)O)C1C. The number of nitrogens with zero attached hydrogens (tertiary/aromatic N) is 2. The highest BCUT2D eigenvalue weighted by Crippen LogP contribution is 2.42. The molecule has 2 aromatic carbocycles. The highest BCUT2D eigenvalue weighted by molar-refractivity contribution is 8.00. The van der Waals surface area contributed by atoms with Crippen LogP contribution in [0.1, 0.15) is 64.8 Å². The fourth-order valence-electron chi connectivity index (χ4n) is 6.71. The number of amides is 3. The average molecular weight is 740 g/mol. The van der Waals surface area contributed by atoms with E-state index in [1.165, 1.54) is 0 Å². The molecule has 1 aromatic heterocycles. The number of hydrogen-bond acceptors (Lipinski definition) is 6. The number of aliphatic carboxylic acids is 1. The number of nitrogens with one attached hydrogen (secondary N) is 2. The van der Waals surface area contributed by atoms with Crippen molar-refractivity contribution in [2.24, 2.45) is 28.9 Å². The van der Waals surface area contributed by atoms with E-state index in [1.807, 2.05) is 62.6 Å². The van der Waals surface area contributed by atoms with E-state index in [1.54, 1.807) is 17.2 Å². The van der Waals surface area contributed by atoms with Crippen LogP contribution in [0.4, 0.5) is 8.78 Å². The number of rotatable bonds is 17. The van der Waals surface area contributed by atoms with Gasteiger partial charge in [-0.1, -0.05) is 65.0 Å². The summed E-state index contributed by atoms with van der Waals surface area (Å²) in [6.45, 7) is 10.7. The van der Waals surface area contributed by atoms with E-state index < -0.39 is 41.0 Å². The number of hydrogen-bond donors (Lipinski definition) is 4. The molecule has 0 spiro atoms. The van der Waals surface area contributed by atoms with E-state index in [0.29, 0.717) is 43.2 Å². The van der Waals surface area contributed by atoms with Gasteiger partial charge in [-0.3, -0.25) is 14.4 Å². The summed E-state index contributed by atoms with van der Waals surface area (Å²) in [5, 5.41) is 14.9. The van der Waals surface area contributed by atoms with E-state index in [2.05, 4.69) is 17.6 Å². The van der Waals surface area contributed by atoms with Crippen molar-refractivity contribution >= 4 is 35.5 Å². The molecule has 5 N–H and O–H groups in total. The molecular formula is C39H51F2N5O5S. The number of carbonyl (C=O) groups is 4. The Kier molecular flexibility index (Phi) is 14.0. The largest absolute Gasteiger partial charge is 0.480 e. The molecule has 0 bridgehead atoms. The van der Waals surface area contributed by atoms with Gasteiger partial charge in [0.1, 0.15) is 17.7 Å². The molecule has 1 heterocycles. The van der Waals surface area contributed by atoms with E-state index in [4.69, 9.17) is 5.73 Å². The molecule has 10 nitrogen and oxygen atoms in total. The molecule has 13 heteroatoms. The van der Waals surface area contributed by atoms with Crippen LogP contribution in [0.5, 0.6) is 0 Å². The van der Waals surface area contributed by atoms with Gasteiger partial charge in [0.05, 0.1) is 18.3 Å². The van der Waals surface area contributed by atoms with Gasteiger partial charge >= 0.3 is 5.97 Å². The molecule has 52 heavy (non-hydrogen) atoms. The fraction of sp³-hybridized carbons (Fsp3) is 0.487. The van der Waals surface area contributed by atoms with Crippen LogP contribution < -0.4 is 16.4 Å². The number of aromatic nitrogens is 1. The monoisotopic (exact) mass is 739 g/mol. The molecule has 5 atom stereocenters. The van der Waals surface area contributed by atoms with Crippen molar-refractivity contribution in [1.29, 1.82) is 0 Å². The van der Waals surface area contributed by atoms with Crippen LogP contribution >= 0.6 is 11.8 Å². The normalized spacial score (nSPS) is 18.2. The standard InChI is InChI=1S/C39H51F2N5O5S/c1-24-16-29(25(24)2)37(49)43-19-34(47)44-32(38(50)51)22-52-23-35(48)46(15-9-14-42)36(39(3,4)5)33-17-27(30-18-28(40)12-13-31(30)41)21-45(33)20-26-10-7-6-8-11-26/h6-8,10-13,17-18,21,24-25,29,32,36H,9,14-16,19-20,22-23,42H2,1-5H3,(H,43,49)(H,44,47)(H,50,51)/t24?,25?,29?,32-,36-/m0/s1. The molecule has 4 rings (SSSR count). The second kappa shape index (κ2) is 18.0. The molecule has 3 unspecified atom stereocenters. The van der Waals surface area contributed by atoms with E-state index >= 15 is 4.39 Å². The van der Waals surface area contributed by atoms with Crippen LogP contribution in [-0.4, -0.2) is 75.4 Å². The highest BCUT2D eigenvalue weighted by Gasteiger charge is 2.40. The molecule has 1 aliphatic rings. The first-order valence-corrected chi connectivity index (χ1v) is 18.8. The summed E-state index contributed by atoms with van der Waals surface area (Å²) in [7, 11) is 0. The maximum absolute atomic E-state index is 15.1. The van der Waals surface area contributed by atoms with Gasteiger partial charge in [-0.25, -0.2) is 13.6 Å². The first-order valence-electron chi connectivity index (χ1n) is 17.7. The molecule has 0 radical (unpaired) electrons. The molecule has 282 valence electrons. The maximum Gasteiger partial charge on any atom is 0.327 e. The second-order valence-electron chi connectivity index (χ2n) is 14.8. The Hall–Kier alpha value is -4.23. The Morgan fingerprint density at radius 3 is 2.40 bits per heavy atom.